The Morgan fingerprint density at radius 3 is 1.57 bits per heavy atom. The second kappa shape index (κ2) is 8.81. The van der Waals surface area contributed by atoms with E-state index in [1.54, 1.807) is 0 Å². The maximum absolute atomic E-state index is 2.38. The predicted octanol–water partition coefficient (Wildman–Crippen LogP) is 7.53. The number of rotatable bonds is 4. The van der Waals surface area contributed by atoms with Crippen LogP contribution in [0.2, 0.25) is 0 Å². The van der Waals surface area contributed by atoms with Crippen LogP contribution in [0.1, 0.15) is 27.8 Å². The molecule has 35 heavy (non-hydrogen) atoms. The van der Waals surface area contributed by atoms with Gasteiger partial charge >= 0.3 is 0 Å². The molecule has 6 rings (SSSR count). The molecular formula is C34H28P+. The molecule has 0 radical (unpaired) electrons. The van der Waals surface area contributed by atoms with E-state index in [0.717, 1.165) is 0 Å². The van der Waals surface area contributed by atoms with E-state index in [2.05, 4.69) is 147 Å². The first-order chi connectivity index (χ1) is 17.2. The minimum absolute atomic E-state index is 1.28. The minimum atomic E-state index is -2.15. The van der Waals surface area contributed by atoms with E-state index in [1.807, 2.05) is 0 Å². The highest BCUT2D eigenvalue weighted by atomic mass is 31.2. The molecule has 0 fully saturated rings. The first-order valence-electron chi connectivity index (χ1n) is 12.2. The van der Waals surface area contributed by atoms with Gasteiger partial charge in [0.2, 0.25) is 0 Å². The molecule has 1 heterocycles. The molecule has 0 nitrogen and oxygen atoms in total. The zero-order valence-electron chi connectivity index (χ0n) is 20.1. The van der Waals surface area contributed by atoms with Crippen LogP contribution < -0.4 is 15.9 Å². The molecule has 0 aromatic heterocycles. The summed E-state index contributed by atoms with van der Waals surface area (Å²) >= 11 is 0. The first kappa shape index (κ1) is 21.8. The van der Waals surface area contributed by atoms with Crippen molar-refractivity contribution in [2.45, 2.75) is 13.8 Å². The van der Waals surface area contributed by atoms with Gasteiger partial charge in [-0.05, 0) is 55.8 Å². The van der Waals surface area contributed by atoms with Gasteiger partial charge in [-0.25, -0.2) is 0 Å². The average molecular weight is 468 g/mol. The summed E-state index contributed by atoms with van der Waals surface area (Å²) in [6.07, 6.45) is 0. The van der Waals surface area contributed by atoms with Crippen LogP contribution in [0.5, 0.6) is 0 Å². The van der Waals surface area contributed by atoms with Crippen molar-refractivity contribution in [3.05, 3.63) is 161 Å². The topological polar surface area (TPSA) is 0 Å². The van der Waals surface area contributed by atoms with Gasteiger partial charge in [-0.2, -0.15) is 0 Å². The molecule has 1 heteroatoms. The van der Waals surface area contributed by atoms with Crippen molar-refractivity contribution in [1.82, 2.24) is 0 Å². The van der Waals surface area contributed by atoms with Crippen molar-refractivity contribution in [3.63, 3.8) is 0 Å². The summed E-state index contributed by atoms with van der Waals surface area (Å²) in [7, 11) is -2.15. The van der Waals surface area contributed by atoms with Gasteiger partial charge in [0.15, 0.2) is 0 Å². The molecule has 0 atom stereocenters. The van der Waals surface area contributed by atoms with Crippen LogP contribution in [0.15, 0.2) is 133 Å². The Kier molecular flexibility index (Phi) is 5.48. The second-order valence-electron chi connectivity index (χ2n) is 9.32. The fourth-order valence-electron chi connectivity index (χ4n) is 5.61. The minimum Gasteiger partial charge on any atom is -0.0620 e. The van der Waals surface area contributed by atoms with Crippen molar-refractivity contribution in [2.75, 3.05) is 0 Å². The van der Waals surface area contributed by atoms with Gasteiger partial charge < -0.3 is 0 Å². The van der Waals surface area contributed by atoms with Gasteiger partial charge in [-0.15, -0.1) is 0 Å². The molecule has 0 bridgehead atoms. The maximum Gasteiger partial charge on any atom is 0.146 e. The highest BCUT2D eigenvalue weighted by Crippen LogP contribution is 2.72. The number of benzene rings is 5. The van der Waals surface area contributed by atoms with E-state index in [-0.39, 0.29) is 0 Å². The Labute approximate surface area is 209 Å². The lowest BCUT2D eigenvalue weighted by Crippen LogP contribution is -2.30. The van der Waals surface area contributed by atoms with Crippen LogP contribution in [-0.4, -0.2) is 0 Å². The third-order valence-electron chi connectivity index (χ3n) is 6.99. The van der Waals surface area contributed by atoms with E-state index in [9.17, 15) is 0 Å². The second-order valence-corrected chi connectivity index (χ2v) is 12.6. The van der Waals surface area contributed by atoms with E-state index >= 15 is 0 Å². The van der Waals surface area contributed by atoms with Gasteiger partial charge in [0, 0.05) is 16.7 Å². The molecule has 0 saturated heterocycles. The standard InChI is InChI=1S/C34H28P/c1-25-13-11-15-27(23-25)33-31-21-9-10-22-32(31)35(29-17-5-3-6-18-29,30-19-7-4-8-20-30)34(33)28-16-12-14-26(2)24-28/h3-24H,1-2H3/q+1. The quantitative estimate of drug-likeness (QED) is 0.240. The fourth-order valence-corrected chi connectivity index (χ4v) is 10.4. The summed E-state index contributed by atoms with van der Waals surface area (Å²) in [4.78, 5) is 0. The summed E-state index contributed by atoms with van der Waals surface area (Å²) in [5.41, 5.74) is 7.91. The summed E-state index contributed by atoms with van der Waals surface area (Å²) in [5.74, 6) is 0. The zero-order chi connectivity index (χ0) is 23.8. The lowest BCUT2D eigenvalue weighted by atomic mass is 9.94. The van der Waals surface area contributed by atoms with Crippen molar-refractivity contribution >= 4 is 34.1 Å². The van der Waals surface area contributed by atoms with Gasteiger partial charge in [0.1, 0.15) is 28.5 Å². The summed E-state index contributed by atoms with van der Waals surface area (Å²) in [5, 5.41) is 5.71. The zero-order valence-corrected chi connectivity index (χ0v) is 21.0. The molecule has 0 N–H and O–H groups in total. The highest BCUT2D eigenvalue weighted by molar-refractivity contribution is 8.04. The molecule has 1 aliphatic heterocycles. The Hall–Kier alpha value is -3.73. The molecular weight excluding hydrogens is 439 g/mol. The van der Waals surface area contributed by atoms with Gasteiger partial charge in [0.25, 0.3) is 0 Å². The monoisotopic (exact) mass is 467 g/mol. The van der Waals surface area contributed by atoms with Crippen molar-refractivity contribution in [1.29, 1.82) is 0 Å². The van der Waals surface area contributed by atoms with Gasteiger partial charge in [-0.1, -0.05) is 108 Å². The predicted molar refractivity (Wildman–Crippen MR) is 153 cm³/mol. The molecule has 0 aliphatic carbocycles. The molecule has 5 aromatic rings. The molecule has 0 spiro atoms. The van der Waals surface area contributed by atoms with E-state index < -0.39 is 7.26 Å². The largest absolute Gasteiger partial charge is 0.146 e. The molecule has 1 aliphatic rings. The lowest BCUT2D eigenvalue weighted by molar-refractivity contribution is 1.44. The van der Waals surface area contributed by atoms with E-state index in [4.69, 9.17) is 0 Å². The summed E-state index contributed by atoms with van der Waals surface area (Å²) < 4.78 is 0. The Bertz CT molecular complexity index is 1500. The van der Waals surface area contributed by atoms with Gasteiger partial charge in [0.05, 0.1) is 0 Å². The third-order valence-corrected chi connectivity index (χ3v) is 11.4. The van der Waals surface area contributed by atoms with Crippen molar-refractivity contribution in [2.24, 2.45) is 0 Å². The van der Waals surface area contributed by atoms with E-state index in [1.165, 1.54) is 54.6 Å². The smallest absolute Gasteiger partial charge is 0.0620 e. The molecule has 0 amide bonds. The van der Waals surface area contributed by atoms with Crippen LogP contribution in [0.4, 0.5) is 0 Å². The molecule has 168 valence electrons. The Morgan fingerprint density at radius 2 is 0.971 bits per heavy atom. The van der Waals surface area contributed by atoms with Crippen LogP contribution in [0.3, 0.4) is 0 Å². The molecule has 0 unspecified atom stereocenters. The third kappa shape index (κ3) is 3.49. The lowest BCUT2D eigenvalue weighted by Gasteiger charge is -2.27. The van der Waals surface area contributed by atoms with E-state index in [0.29, 0.717) is 0 Å². The Balaban J connectivity index is 1.85. The number of hydrogen-bond donors (Lipinski definition) is 0. The van der Waals surface area contributed by atoms with Gasteiger partial charge in [-0.3, -0.25) is 0 Å². The van der Waals surface area contributed by atoms with Crippen LogP contribution in [-0.2, 0) is 0 Å². The summed E-state index contributed by atoms with van der Waals surface area (Å²) in [6, 6.07) is 49.6. The number of aryl methyl sites for hydroxylation is 2. The Morgan fingerprint density at radius 1 is 0.457 bits per heavy atom. The molecule has 5 aromatic carbocycles. The first-order valence-corrected chi connectivity index (χ1v) is 14.0. The average Bonchev–Trinajstić information content (AvgIpc) is 3.22. The fraction of sp³-hybridized carbons (Fsp3) is 0.0588. The van der Waals surface area contributed by atoms with Crippen LogP contribution in [0, 0.1) is 13.8 Å². The van der Waals surface area contributed by atoms with Crippen LogP contribution in [0.25, 0.3) is 10.9 Å². The summed E-state index contributed by atoms with van der Waals surface area (Å²) in [6.45, 7) is 4.39. The van der Waals surface area contributed by atoms with Crippen LogP contribution >= 0.6 is 7.26 Å². The number of hydrogen-bond acceptors (Lipinski definition) is 0. The normalized spacial score (nSPS) is 14.1. The highest BCUT2D eigenvalue weighted by Gasteiger charge is 2.57. The SMILES string of the molecule is Cc1cccc(C2=C(c3cccc(C)c3)[P+](c3ccccc3)(c3ccccc3)c3ccccc32)c1. The van der Waals surface area contributed by atoms with Crippen molar-refractivity contribution < 1.29 is 0 Å². The maximum atomic E-state index is 2.38. The molecule has 0 saturated carbocycles. The number of fused-ring (bicyclic) bond motifs is 1. The van der Waals surface area contributed by atoms with Crippen molar-refractivity contribution in [3.8, 4) is 0 Å².